The second-order valence-electron chi connectivity index (χ2n) is 18.8. The highest BCUT2D eigenvalue weighted by atomic mass is 79.9. The summed E-state index contributed by atoms with van der Waals surface area (Å²) in [6.45, 7) is 0. The minimum atomic E-state index is -0.00302. The van der Waals surface area contributed by atoms with E-state index in [9.17, 15) is 4.79 Å². The minimum absolute atomic E-state index is 0.00302. The monoisotopic (exact) mass is 1060 g/mol. The van der Waals surface area contributed by atoms with Crippen molar-refractivity contribution in [2.75, 3.05) is 0 Å². The lowest BCUT2D eigenvalue weighted by molar-refractivity contribution is 0.483. The Balaban J connectivity index is 0.000000117. The van der Waals surface area contributed by atoms with Crippen LogP contribution in [0.3, 0.4) is 0 Å². The van der Waals surface area contributed by atoms with Crippen molar-refractivity contribution in [1.29, 1.82) is 0 Å². The van der Waals surface area contributed by atoms with Gasteiger partial charge in [0.1, 0.15) is 34.4 Å². The molecule has 0 fully saturated rings. The van der Waals surface area contributed by atoms with Crippen molar-refractivity contribution in [2.45, 2.75) is 0 Å². The minimum Gasteiger partial charge on any atom is -0.457 e. The predicted octanol–water partition coefficient (Wildman–Crippen LogP) is 15.0. The number of rotatable bonds is 4. The molecule has 0 spiro atoms. The van der Waals surface area contributed by atoms with E-state index in [0.29, 0.717) is 0 Å². The van der Waals surface area contributed by atoms with E-state index in [-0.39, 0.29) is 5.43 Å². The van der Waals surface area contributed by atoms with Gasteiger partial charge >= 0.3 is 0 Å². The highest BCUT2D eigenvalue weighted by molar-refractivity contribution is 9.10. The summed E-state index contributed by atoms with van der Waals surface area (Å²) in [5, 5.41) is 3.93. The maximum Gasteiger partial charge on any atom is 0.179 e. The van der Waals surface area contributed by atoms with Crippen LogP contribution in [0.5, 0.6) is 11.5 Å². The quantitative estimate of drug-likeness (QED) is 0.174. The summed E-state index contributed by atoms with van der Waals surface area (Å²) < 4.78 is 16.0. The molecule has 0 aliphatic heterocycles. The van der Waals surface area contributed by atoms with Gasteiger partial charge in [0.05, 0.1) is 66.2 Å². The first-order valence-electron chi connectivity index (χ1n) is 25.1. The zero-order chi connectivity index (χ0) is 51.7. The summed E-state index contributed by atoms with van der Waals surface area (Å²) in [7, 11) is 4.09. The number of pyridine rings is 4. The molecule has 0 atom stereocenters. The molecule has 12 nitrogen and oxygen atoms in total. The largest absolute Gasteiger partial charge is 0.457 e. The van der Waals surface area contributed by atoms with Gasteiger partial charge in [-0.3, -0.25) is 18.6 Å². The summed E-state index contributed by atoms with van der Waals surface area (Å²) >= 11 is 3.49. The Morgan fingerprint density at radius 3 is 1.62 bits per heavy atom. The Hall–Kier alpha value is -9.98. The SMILES string of the molecule is Cn1c(-c2cccc(Br)c2)nc2ccccc21.Cn1c(-c2cccc(Oc3ccc4c(c3)c3nc5ccccc5n3c3cccnc43)c2)nc2ccccc21.O=c1ccc2c(c1)c1nc3ccccc3n1c1ccc[nH]c21. The van der Waals surface area contributed by atoms with Crippen LogP contribution in [0, 0.1) is 0 Å². The van der Waals surface area contributed by atoms with E-state index in [2.05, 4.69) is 111 Å². The van der Waals surface area contributed by atoms with E-state index < -0.39 is 0 Å². The molecule has 0 amide bonds. The first-order chi connectivity index (χ1) is 37.8. The number of halogens is 1. The summed E-state index contributed by atoms with van der Waals surface area (Å²) in [4.78, 5) is 39.1. The molecule has 0 saturated carbocycles. The first kappa shape index (κ1) is 45.6. The molecule has 0 unspecified atom stereocenters. The molecule has 8 aromatic carbocycles. The number of nitrogens with one attached hydrogen (secondary N) is 1. The molecule has 0 bridgehead atoms. The smallest absolute Gasteiger partial charge is 0.179 e. The Bertz CT molecular complexity index is 5070. The normalized spacial score (nSPS) is 11.6. The highest BCUT2D eigenvalue weighted by Crippen LogP contribution is 2.36. The van der Waals surface area contributed by atoms with Crippen LogP contribution in [-0.4, -0.2) is 47.8 Å². The molecule has 77 heavy (non-hydrogen) atoms. The lowest BCUT2D eigenvalue weighted by atomic mass is 10.1. The average Bonchev–Trinajstić information content (AvgIpc) is 4.27. The number of H-pyrrole nitrogens is 1. The fourth-order valence-corrected chi connectivity index (χ4v) is 11.1. The van der Waals surface area contributed by atoms with Crippen molar-refractivity contribution in [3.05, 3.63) is 233 Å². The molecule has 1 N–H and O–H groups in total. The van der Waals surface area contributed by atoms with Crippen LogP contribution < -0.4 is 10.2 Å². The zero-order valence-corrected chi connectivity index (χ0v) is 43.1. The molecule has 8 aromatic heterocycles. The van der Waals surface area contributed by atoms with Gasteiger partial charge in [-0.2, -0.15) is 0 Å². The summed E-state index contributed by atoms with van der Waals surface area (Å²) in [5.74, 6) is 3.38. The van der Waals surface area contributed by atoms with Crippen molar-refractivity contribution in [1.82, 2.24) is 47.8 Å². The molecular formula is C64H43BrN10O2. The van der Waals surface area contributed by atoms with Crippen LogP contribution in [0.25, 0.3) is 122 Å². The number of fused-ring (bicyclic) bond motifs is 18. The highest BCUT2D eigenvalue weighted by Gasteiger charge is 2.18. The van der Waals surface area contributed by atoms with Gasteiger partial charge in [-0.1, -0.05) is 88.7 Å². The van der Waals surface area contributed by atoms with Crippen LogP contribution in [-0.2, 0) is 14.1 Å². The Labute approximate surface area is 446 Å². The zero-order valence-electron chi connectivity index (χ0n) is 41.5. The molecule has 0 aliphatic carbocycles. The number of para-hydroxylation sites is 8. The van der Waals surface area contributed by atoms with Gasteiger partial charge in [0.15, 0.2) is 5.43 Å². The van der Waals surface area contributed by atoms with Gasteiger partial charge in [0.2, 0.25) is 0 Å². The topological polar surface area (TPSA) is 125 Å². The molecule has 368 valence electrons. The molecule has 16 aromatic rings. The number of aromatic amines is 1. The van der Waals surface area contributed by atoms with Crippen LogP contribution in [0.1, 0.15) is 0 Å². The number of aryl methyl sites for hydroxylation is 2. The number of ether oxygens (including phenoxy) is 1. The van der Waals surface area contributed by atoms with Crippen LogP contribution in [0.15, 0.2) is 228 Å². The van der Waals surface area contributed by atoms with Crippen molar-refractivity contribution in [3.63, 3.8) is 0 Å². The number of aromatic nitrogens is 10. The third kappa shape index (κ3) is 7.82. The molecule has 0 radical (unpaired) electrons. The lowest BCUT2D eigenvalue weighted by Crippen LogP contribution is -1.99. The third-order valence-electron chi connectivity index (χ3n) is 14.2. The summed E-state index contributed by atoms with van der Waals surface area (Å²) in [6, 6.07) is 68.2. The maximum atomic E-state index is 11.8. The Morgan fingerprint density at radius 1 is 0.442 bits per heavy atom. The molecule has 0 aliphatic rings. The molecule has 16 rings (SSSR count). The third-order valence-corrected chi connectivity index (χ3v) is 14.7. The van der Waals surface area contributed by atoms with Crippen molar-refractivity contribution < 1.29 is 4.74 Å². The van der Waals surface area contributed by atoms with Gasteiger partial charge < -0.3 is 18.9 Å². The second kappa shape index (κ2) is 18.4. The van der Waals surface area contributed by atoms with E-state index in [1.54, 1.807) is 12.1 Å². The number of nitrogens with zero attached hydrogens (tertiary/aromatic N) is 9. The van der Waals surface area contributed by atoms with Crippen molar-refractivity contribution >= 4 is 115 Å². The maximum absolute atomic E-state index is 11.8. The summed E-state index contributed by atoms with van der Waals surface area (Å²) in [6.07, 6.45) is 3.74. The molecule has 0 saturated heterocycles. The number of hydrogen-bond acceptors (Lipinski definition) is 7. The lowest BCUT2D eigenvalue weighted by Gasteiger charge is -2.11. The van der Waals surface area contributed by atoms with E-state index in [4.69, 9.17) is 24.7 Å². The van der Waals surface area contributed by atoms with E-state index in [0.717, 1.165) is 138 Å². The Kier molecular flexibility index (Phi) is 10.9. The van der Waals surface area contributed by atoms with Crippen LogP contribution >= 0.6 is 15.9 Å². The van der Waals surface area contributed by atoms with Gasteiger partial charge in [-0.25, -0.2) is 19.9 Å². The number of imidazole rings is 4. The number of hydrogen-bond donors (Lipinski definition) is 1. The van der Waals surface area contributed by atoms with E-state index in [1.165, 1.54) is 0 Å². The van der Waals surface area contributed by atoms with Crippen molar-refractivity contribution in [2.24, 2.45) is 14.1 Å². The van der Waals surface area contributed by atoms with Gasteiger partial charge in [0.25, 0.3) is 0 Å². The van der Waals surface area contributed by atoms with Crippen molar-refractivity contribution in [3.8, 4) is 34.3 Å². The molecule has 8 heterocycles. The fraction of sp³-hybridized carbons (Fsp3) is 0.0312. The number of benzene rings is 8. The predicted molar refractivity (Wildman–Crippen MR) is 314 cm³/mol. The van der Waals surface area contributed by atoms with Gasteiger partial charge in [-0.15, -0.1) is 0 Å². The molecular weight excluding hydrogens is 1020 g/mol. The van der Waals surface area contributed by atoms with Gasteiger partial charge in [0, 0.05) is 63.6 Å². The first-order valence-corrected chi connectivity index (χ1v) is 25.9. The van der Waals surface area contributed by atoms with Crippen LogP contribution in [0.4, 0.5) is 0 Å². The standard InChI is InChI=1S/C32H21N5O.C18H11N3O.C14H11BrN2/c1-36-27-12-4-2-10-25(27)34-31(36)20-8-6-9-21(18-20)38-22-15-16-23-24(19-22)32-35-26-11-3-5-13-28(26)37(32)29-14-7-17-33-30(23)29;22-11-7-8-12-13(10-11)18-20-14-4-1-2-5-15(14)21(18)16-6-3-9-19-17(12)16;1-17-13-8-3-2-7-12(13)16-14(17)10-5-4-6-11(15)9-10/h2-19H,1H3;1-10,19H;2-9H,1H3. The fourth-order valence-electron chi connectivity index (χ4n) is 10.7. The second-order valence-corrected chi connectivity index (χ2v) is 19.8. The molecule has 13 heteroatoms. The Morgan fingerprint density at radius 2 is 0.974 bits per heavy atom. The summed E-state index contributed by atoms with van der Waals surface area (Å²) in [5.41, 5.74) is 16.1. The van der Waals surface area contributed by atoms with E-state index in [1.807, 2.05) is 154 Å². The van der Waals surface area contributed by atoms with Gasteiger partial charge in [-0.05, 0) is 133 Å². The average molecular weight is 1060 g/mol. The van der Waals surface area contributed by atoms with Crippen LogP contribution in [0.2, 0.25) is 0 Å². The van der Waals surface area contributed by atoms with E-state index >= 15 is 0 Å².